The van der Waals surface area contributed by atoms with Crippen molar-refractivity contribution >= 4 is 0 Å². The van der Waals surface area contributed by atoms with E-state index in [2.05, 4.69) is 60.6 Å². The van der Waals surface area contributed by atoms with Crippen molar-refractivity contribution in [1.82, 2.24) is 0 Å². The molecule has 0 aromatic carbocycles. The first-order valence-electron chi connectivity index (χ1n) is 13.8. The quantitative estimate of drug-likeness (QED) is 0.451. The predicted molar refractivity (Wildman–Crippen MR) is 131 cm³/mol. The van der Waals surface area contributed by atoms with E-state index in [4.69, 9.17) is 0 Å². The predicted octanol–water partition coefficient (Wildman–Crippen LogP) is 8.02. The van der Waals surface area contributed by atoms with Gasteiger partial charge in [-0.05, 0) is 121 Å². The van der Waals surface area contributed by atoms with Crippen molar-refractivity contribution in [2.75, 3.05) is 0 Å². The third-order valence-electron chi connectivity index (χ3n) is 12.9. The Kier molecular flexibility index (Phi) is 4.98. The van der Waals surface area contributed by atoms with Crippen molar-refractivity contribution in [2.45, 2.75) is 119 Å². The van der Waals surface area contributed by atoms with E-state index in [9.17, 15) is 5.11 Å². The van der Waals surface area contributed by atoms with Crippen LogP contribution in [0.2, 0.25) is 0 Å². The minimum atomic E-state index is -0.0858. The third-order valence-corrected chi connectivity index (χ3v) is 12.9. The van der Waals surface area contributed by atoms with E-state index < -0.39 is 0 Å². The Hall–Kier alpha value is -0.300. The van der Waals surface area contributed by atoms with Gasteiger partial charge in [-0.2, -0.15) is 0 Å². The number of rotatable bonds is 4. The molecular weight excluding hydrogens is 376 g/mol. The molecule has 0 aromatic heterocycles. The second-order valence-electron chi connectivity index (χ2n) is 14.4. The lowest BCUT2D eigenvalue weighted by Gasteiger charge is -2.63. The van der Waals surface area contributed by atoms with Gasteiger partial charge in [0.1, 0.15) is 0 Å². The summed E-state index contributed by atoms with van der Waals surface area (Å²) in [4.78, 5) is 0. The van der Waals surface area contributed by atoms with E-state index in [1.807, 2.05) is 0 Å². The molecule has 0 amide bonds. The lowest BCUT2D eigenvalue weighted by Crippen LogP contribution is -2.57. The van der Waals surface area contributed by atoms with Crippen molar-refractivity contribution in [3.63, 3.8) is 0 Å². The molecular formula is C30H50O. The number of hydrogen-bond donors (Lipinski definition) is 1. The molecule has 1 heteroatoms. The number of aliphatic hydroxyl groups excluding tert-OH is 1. The van der Waals surface area contributed by atoms with Gasteiger partial charge in [0.05, 0.1) is 6.10 Å². The van der Waals surface area contributed by atoms with E-state index in [0.717, 1.165) is 30.1 Å². The highest BCUT2D eigenvalue weighted by atomic mass is 16.3. The first-order chi connectivity index (χ1) is 14.4. The van der Waals surface area contributed by atoms with E-state index in [1.54, 1.807) is 0 Å². The third kappa shape index (κ3) is 2.71. The summed E-state index contributed by atoms with van der Waals surface area (Å²) in [5.41, 5.74) is 2.36. The summed E-state index contributed by atoms with van der Waals surface area (Å²) >= 11 is 0. The molecule has 0 saturated heterocycles. The minimum absolute atomic E-state index is 0.0858. The summed E-state index contributed by atoms with van der Waals surface area (Å²) in [6.45, 7) is 17.4. The molecule has 0 aromatic rings. The first-order valence-corrected chi connectivity index (χ1v) is 13.8. The molecule has 1 N–H and O–H groups in total. The van der Waals surface area contributed by atoms with Crippen LogP contribution in [0.3, 0.4) is 0 Å². The topological polar surface area (TPSA) is 20.2 Å². The Balaban J connectivity index is 1.41. The molecule has 0 radical (unpaired) electrons. The van der Waals surface area contributed by atoms with Gasteiger partial charge in [0.15, 0.2) is 0 Å². The van der Waals surface area contributed by atoms with Gasteiger partial charge in [0, 0.05) is 0 Å². The maximum atomic E-state index is 10.8. The first kappa shape index (κ1) is 22.5. The molecule has 0 aliphatic heterocycles. The highest BCUT2D eigenvalue weighted by Gasteiger charge is 2.82. The smallest absolute Gasteiger partial charge is 0.0594 e. The Bertz CT molecular complexity index is 750. The molecule has 176 valence electrons. The molecule has 1 nitrogen and oxygen atoms in total. The summed E-state index contributed by atoms with van der Waals surface area (Å²) in [7, 11) is 0. The zero-order chi connectivity index (χ0) is 22.4. The fourth-order valence-corrected chi connectivity index (χ4v) is 11.0. The Morgan fingerprint density at radius 2 is 1.48 bits per heavy atom. The molecule has 5 rings (SSSR count). The fourth-order valence-electron chi connectivity index (χ4n) is 11.0. The van der Waals surface area contributed by atoms with Crippen molar-refractivity contribution < 1.29 is 5.11 Å². The van der Waals surface area contributed by atoms with Crippen LogP contribution in [0.15, 0.2) is 12.2 Å². The average Bonchev–Trinajstić information content (AvgIpc) is 3.27. The van der Waals surface area contributed by atoms with Crippen molar-refractivity contribution in [1.29, 1.82) is 0 Å². The van der Waals surface area contributed by atoms with Crippen LogP contribution in [0, 0.1) is 56.7 Å². The monoisotopic (exact) mass is 426 g/mol. The molecule has 0 bridgehead atoms. The van der Waals surface area contributed by atoms with Gasteiger partial charge >= 0.3 is 0 Å². The van der Waals surface area contributed by atoms with Gasteiger partial charge in [0.25, 0.3) is 0 Å². The second kappa shape index (κ2) is 6.86. The minimum Gasteiger partial charge on any atom is -0.393 e. The van der Waals surface area contributed by atoms with Gasteiger partial charge < -0.3 is 5.11 Å². The van der Waals surface area contributed by atoms with Crippen molar-refractivity contribution in [2.24, 2.45) is 56.7 Å². The van der Waals surface area contributed by atoms with Gasteiger partial charge in [-0.3, -0.25) is 0 Å². The maximum Gasteiger partial charge on any atom is 0.0594 e. The Morgan fingerprint density at radius 3 is 2.19 bits per heavy atom. The van der Waals surface area contributed by atoms with E-state index in [-0.39, 0.29) is 11.5 Å². The molecule has 2 spiro atoms. The van der Waals surface area contributed by atoms with Crippen LogP contribution in [0.4, 0.5) is 0 Å². The summed E-state index contributed by atoms with van der Waals surface area (Å²) in [5, 5.41) is 10.8. The zero-order valence-corrected chi connectivity index (χ0v) is 21.6. The lowest BCUT2D eigenvalue weighted by molar-refractivity contribution is -0.161. The lowest BCUT2D eigenvalue weighted by atomic mass is 9.42. The molecule has 0 heterocycles. The summed E-state index contributed by atoms with van der Waals surface area (Å²) in [6.07, 6.45) is 18.6. The van der Waals surface area contributed by atoms with Crippen LogP contribution in [0.1, 0.15) is 113 Å². The van der Waals surface area contributed by atoms with Crippen molar-refractivity contribution in [3.05, 3.63) is 12.2 Å². The second-order valence-corrected chi connectivity index (χ2v) is 14.4. The van der Waals surface area contributed by atoms with Crippen molar-refractivity contribution in [3.8, 4) is 0 Å². The largest absolute Gasteiger partial charge is 0.393 e. The number of fused-ring (bicyclic) bond motifs is 2. The van der Waals surface area contributed by atoms with Crippen LogP contribution in [-0.2, 0) is 0 Å². The van der Waals surface area contributed by atoms with Crippen LogP contribution >= 0.6 is 0 Å². The van der Waals surface area contributed by atoms with Gasteiger partial charge in [-0.15, -0.1) is 0 Å². The molecule has 5 aliphatic rings. The highest BCUT2D eigenvalue weighted by molar-refractivity contribution is 5.30. The number of allylic oxidation sites excluding steroid dienone is 2. The van der Waals surface area contributed by atoms with Gasteiger partial charge in [-0.25, -0.2) is 0 Å². The fraction of sp³-hybridized carbons (Fsp3) is 0.933. The van der Waals surface area contributed by atoms with Crippen LogP contribution in [0.5, 0.6) is 0 Å². The summed E-state index contributed by atoms with van der Waals surface area (Å²) in [6, 6.07) is 0. The van der Waals surface area contributed by atoms with E-state index in [1.165, 1.54) is 57.8 Å². The Labute approximate surface area is 192 Å². The zero-order valence-electron chi connectivity index (χ0n) is 21.6. The van der Waals surface area contributed by atoms with E-state index >= 15 is 0 Å². The van der Waals surface area contributed by atoms with Crippen LogP contribution in [0.25, 0.3) is 0 Å². The van der Waals surface area contributed by atoms with Gasteiger partial charge in [-0.1, -0.05) is 60.6 Å². The van der Waals surface area contributed by atoms with Crippen LogP contribution < -0.4 is 0 Å². The molecule has 5 aliphatic carbocycles. The Morgan fingerprint density at radius 1 is 0.806 bits per heavy atom. The average molecular weight is 427 g/mol. The number of hydrogen-bond acceptors (Lipinski definition) is 1. The molecule has 5 fully saturated rings. The normalized spacial score (nSPS) is 53.6. The molecule has 9 atom stereocenters. The number of aliphatic hydroxyl groups is 1. The van der Waals surface area contributed by atoms with E-state index in [0.29, 0.717) is 27.6 Å². The summed E-state index contributed by atoms with van der Waals surface area (Å²) in [5.74, 6) is 4.06. The highest BCUT2D eigenvalue weighted by Crippen LogP contribution is 2.89. The summed E-state index contributed by atoms with van der Waals surface area (Å²) < 4.78 is 0. The van der Waals surface area contributed by atoms with Crippen LogP contribution in [-0.4, -0.2) is 11.2 Å². The SMILES string of the molecule is CC(C)/C=C/C[C@@H](C)[C@@H]1CC[C@@]2(C)[C@@H]3CC[C@H]4C(C)(C)[C@@H](O)CC[C@@]45C[C@@]35CC[C@]12C. The molecule has 0 unspecified atom stereocenters. The maximum absolute atomic E-state index is 10.8. The molecule has 31 heavy (non-hydrogen) atoms. The standard InChI is InChI=1S/C30H50O/c1-20(2)9-8-10-21(3)22-13-15-28(7)24-12-11-23-26(4,5)25(31)14-16-29(23)19-30(24,29)18-17-27(22,28)6/h8-9,20-25,31H,10-19H2,1-7H3/b9-8+/t21-,22+,23+,24+,25+,27-,28+,29-,30+/m1/s1. The van der Waals surface area contributed by atoms with Gasteiger partial charge in [0.2, 0.25) is 0 Å². The molecule has 5 saturated carbocycles.